The van der Waals surface area contributed by atoms with Crippen molar-refractivity contribution in [2.24, 2.45) is 53.3 Å². The van der Waals surface area contributed by atoms with Crippen LogP contribution in [0.3, 0.4) is 0 Å². The Bertz CT molecular complexity index is 3100. The molecule has 0 aliphatic heterocycles. The highest BCUT2D eigenvalue weighted by Crippen LogP contribution is 2.20. The minimum absolute atomic E-state index is 0.0822. The SMILES string of the molecule is CC(C)Cc1ccc(Cl)cc1.CC(C)Cc1cccc(Cl)c1.CC(C)Cc1cccc(F)c1.CC(C)Cc1ccccc1.CC(C)Cc1ccccc1Cl.CC(C)Cc1ccccc1F.Cc1ccc(CC(C)C)cc1.Cc1cccc(CC(C)C)c1.Cc1cccc(CC(C)C)c1. The summed E-state index contributed by atoms with van der Waals surface area (Å²) < 4.78 is 25.6. The number of benzene rings is 9. The van der Waals surface area contributed by atoms with Gasteiger partial charge in [-0.1, -0.05) is 352 Å². The van der Waals surface area contributed by atoms with E-state index < -0.39 is 0 Å². The van der Waals surface area contributed by atoms with Crippen LogP contribution >= 0.6 is 34.8 Å². The van der Waals surface area contributed by atoms with Crippen molar-refractivity contribution in [1.82, 2.24) is 0 Å². The molecule has 0 unspecified atom stereocenters. The van der Waals surface area contributed by atoms with Gasteiger partial charge in [-0.2, -0.15) is 0 Å². The summed E-state index contributed by atoms with van der Waals surface area (Å²) in [6.45, 7) is 46.1. The normalized spacial score (nSPS) is 10.5. The average molecular weight is 1390 g/mol. The summed E-state index contributed by atoms with van der Waals surface area (Å²) in [5.41, 5.74) is 15.7. The van der Waals surface area contributed by atoms with Crippen LogP contribution in [-0.2, 0) is 57.8 Å². The van der Waals surface area contributed by atoms with Crippen LogP contribution in [0, 0.1) is 85.7 Å². The zero-order valence-electron chi connectivity index (χ0n) is 64.3. The molecule has 0 bridgehead atoms. The zero-order valence-corrected chi connectivity index (χ0v) is 66.6. The third-order valence-corrected chi connectivity index (χ3v) is 15.4. The summed E-state index contributed by atoms with van der Waals surface area (Å²) in [7, 11) is 0. The first-order valence-electron chi connectivity index (χ1n) is 36.2. The van der Waals surface area contributed by atoms with Gasteiger partial charge in [-0.3, -0.25) is 0 Å². The molecule has 9 aromatic rings. The monoisotopic (exact) mass is 1390 g/mol. The molecule has 534 valence electrons. The van der Waals surface area contributed by atoms with Crippen molar-refractivity contribution in [2.45, 2.75) is 203 Å². The third kappa shape index (κ3) is 49.3. The lowest BCUT2D eigenvalue weighted by Crippen LogP contribution is -1.96. The smallest absolute Gasteiger partial charge is 0.126 e. The standard InChI is InChI=1S/3C11H16.3C10H13Cl.2C10H13F.C10H14/c1-9(2)8-11-6-4-10(3)5-7-11;2*1-9(2)7-11-6-4-5-10(3)8-11;1-8(2)7-9-3-5-10(11)6-4-9;1-8(2)6-9-4-3-5-10(11)7-9;1-8(2)7-9-5-3-4-6-10(9)11;1-8(2)6-9-4-3-5-10(11)7-9;1-8(2)7-9-5-3-4-6-10(9)11;1-9(2)8-10-6-4-3-5-7-10/h4-7,9H,8H2,1-3H3;2*4-6,8-9H,7H2,1-3H3;3-6,8H,7H2,1-2H3;3-5,7-8H,6H2,1-2H3;3-6,8H,7H2,1-2H3;3-5,7-8H,6H2,1-2H3;3-6,8H,7H2,1-2H3;3-7,9H,8H2,1-2H3. The number of aryl methyl sites for hydroxylation is 3. The molecule has 0 nitrogen and oxygen atoms in total. The largest absolute Gasteiger partial charge is 0.207 e. The molecule has 0 N–H and O–H groups in total. The molecule has 0 aromatic heterocycles. The van der Waals surface area contributed by atoms with Crippen LogP contribution in [0.2, 0.25) is 15.1 Å². The van der Waals surface area contributed by atoms with E-state index in [1.807, 2.05) is 66.7 Å². The van der Waals surface area contributed by atoms with Gasteiger partial charge in [0.1, 0.15) is 11.6 Å². The Morgan fingerprint density at radius 1 is 0.235 bits per heavy atom. The van der Waals surface area contributed by atoms with E-state index in [1.54, 1.807) is 18.2 Å². The van der Waals surface area contributed by atoms with Crippen LogP contribution < -0.4 is 0 Å². The van der Waals surface area contributed by atoms with Crippen molar-refractivity contribution >= 4 is 34.8 Å². The first kappa shape index (κ1) is 89.7. The molecule has 0 heterocycles. The van der Waals surface area contributed by atoms with Gasteiger partial charge in [0.25, 0.3) is 0 Å². The molecule has 0 amide bonds. The van der Waals surface area contributed by atoms with Gasteiger partial charge in [0.05, 0.1) is 0 Å². The Balaban J connectivity index is 0.000000551. The summed E-state index contributed by atoms with van der Waals surface area (Å²) >= 11 is 17.5. The second-order valence-corrected chi connectivity index (χ2v) is 31.2. The predicted octanol–water partition coefficient (Wildman–Crippen LogP) is 29.1. The van der Waals surface area contributed by atoms with E-state index in [2.05, 4.69) is 273 Å². The number of rotatable bonds is 18. The molecule has 0 atom stereocenters. The van der Waals surface area contributed by atoms with E-state index in [0.29, 0.717) is 23.7 Å². The summed E-state index contributed by atoms with van der Waals surface area (Å²) in [5.74, 6) is 6.04. The van der Waals surface area contributed by atoms with Gasteiger partial charge >= 0.3 is 0 Å². The Kier molecular flexibility index (Phi) is 48.2. The van der Waals surface area contributed by atoms with Crippen molar-refractivity contribution in [3.05, 3.63) is 318 Å². The lowest BCUT2D eigenvalue weighted by atomic mass is 10.0. The topological polar surface area (TPSA) is 0 Å². The van der Waals surface area contributed by atoms with Crippen LogP contribution in [0.5, 0.6) is 0 Å². The van der Waals surface area contributed by atoms with Gasteiger partial charge in [0.15, 0.2) is 0 Å². The Hall–Kier alpha value is -6.29. The van der Waals surface area contributed by atoms with Crippen LogP contribution in [0.1, 0.15) is 191 Å². The summed E-state index contributed by atoms with van der Waals surface area (Å²) in [5, 5.41) is 2.54. The highest BCUT2D eigenvalue weighted by atomic mass is 35.5. The van der Waals surface area contributed by atoms with Gasteiger partial charge in [0, 0.05) is 15.1 Å². The van der Waals surface area contributed by atoms with Crippen LogP contribution in [0.15, 0.2) is 224 Å². The fourth-order valence-electron chi connectivity index (χ4n) is 10.5. The zero-order chi connectivity index (χ0) is 73.5. The highest BCUT2D eigenvalue weighted by molar-refractivity contribution is 6.31. The molecule has 0 spiro atoms. The summed E-state index contributed by atoms with van der Waals surface area (Å²) in [6, 6.07) is 74.8. The van der Waals surface area contributed by atoms with E-state index in [1.165, 1.54) is 93.5 Å². The molecular formula is C93H127Cl3F2. The maximum Gasteiger partial charge on any atom is 0.126 e. The van der Waals surface area contributed by atoms with Crippen LogP contribution in [-0.4, -0.2) is 0 Å². The second kappa shape index (κ2) is 52.7. The van der Waals surface area contributed by atoms with Gasteiger partial charge in [-0.15, -0.1) is 0 Å². The van der Waals surface area contributed by atoms with E-state index in [0.717, 1.165) is 87.9 Å². The van der Waals surface area contributed by atoms with Crippen molar-refractivity contribution in [3.8, 4) is 0 Å². The van der Waals surface area contributed by atoms with Crippen LogP contribution in [0.4, 0.5) is 8.78 Å². The fraction of sp³-hybridized carbons (Fsp3) is 0.419. The molecule has 9 aromatic carbocycles. The molecule has 0 fully saturated rings. The van der Waals surface area contributed by atoms with Crippen molar-refractivity contribution in [2.75, 3.05) is 0 Å². The molecule has 0 saturated carbocycles. The Morgan fingerprint density at radius 2 is 0.541 bits per heavy atom. The summed E-state index contributed by atoms with van der Waals surface area (Å²) in [6.07, 6.45) is 9.88. The first-order chi connectivity index (χ1) is 46.3. The van der Waals surface area contributed by atoms with Gasteiger partial charge in [-0.05, 0) is 230 Å². The number of hydrogen-bond acceptors (Lipinski definition) is 0. The maximum absolute atomic E-state index is 12.9. The van der Waals surface area contributed by atoms with E-state index in [4.69, 9.17) is 34.8 Å². The predicted molar refractivity (Wildman–Crippen MR) is 434 cm³/mol. The van der Waals surface area contributed by atoms with E-state index in [-0.39, 0.29) is 11.6 Å². The van der Waals surface area contributed by atoms with Crippen LogP contribution in [0.25, 0.3) is 0 Å². The lowest BCUT2D eigenvalue weighted by Gasteiger charge is -2.05. The number of hydrogen-bond donors (Lipinski definition) is 0. The van der Waals surface area contributed by atoms with Gasteiger partial charge in [-0.25, -0.2) is 8.78 Å². The van der Waals surface area contributed by atoms with Crippen molar-refractivity contribution in [1.29, 1.82) is 0 Å². The number of halogens is 5. The molecule has 0 saturated heterocycles. The summed E-state index contributed by atoms with van der Waals surface area (Å²) in [4.78, 5) is 0. The fourth-order valence-corrected chi connectivity index (χ4v) is 11.0. The maximum atomic E-state index is 12.9. The Labute approximate surface area is 613 Å². The molecular weight excluding hydrogens is 1260 g/mol. The van der Waals surface area contributed by atoms with E-state index in [9.17, 15) is 8.78 Å². The molecule has 98 heavy (non-hydrogen) atoms. The second-order valence-electron chi connectivity index (χ2n) is 29.9. The van der Waals surface area contributed by atoms with Crippen molar-refractivity contribution in [3.63, 3.8) is 0 Å². The molecule has 0 aliphatic rings. The minimum atomic E-state index is -0.136. The quantitative estimate of drug-likeness (QED) is 0.0803. The molecule has 5 heteroatoms. The van der Waals surface area contributed by atoms with Gasteiger partial charge < -0.3 is 0 Å². The lowest BCUT2D eigenvalue weighted by molar-refractivity contribution is 0.574. The van der Waals surface area contributed by atoms with E-state index >= 15 is 0 Å². The van der Waals surface area contributed by atoms with Crippen molar-refractivity contribution < 1.29 is 8.78 Å². The molecule has 0 aliphatic carbocycles. The molecule has 0 radical (unpaired) electrons. The third-order valence-electron chi connectivity index (χ3n) is 14.5. The Morgan fingerprint density at radius 3 is 0.918 bits per heavy atom. The average Bonchev–Trinajstić information content (AvgIpc) is 1.44. The first-order valence-corrected chi connectivity index (χ1v) is 37.3. The highest BCUT2D eigenvalue weighted by Gasteiger charge is 2.05. The van der Waals surface area contributed by atoms with Gasteiger partial charge in [0.2, 0.25) is 0 Å². The molecule has 9 rings (SSSR count). The minimum Gasteiger partial charge on any atom is -0.207 e.